The first kappa shape index (κ1) is 19.4. The van der Waals surface area contributed by atoms with E-state index in [4.69, 9.17) is 9.72 Å². The molecule has 1 atom stereocenters. The first-order chi connectivity index (χ1) is 14.2. The number of allylic oxidation sites excluding steroid dienone is 2. The summed E-state index contributed by atoms with van der Waals surface area (Å²) in [4.78, 5) is 24.0. The molecule has 156 valence electrons. The topological polar surface area (TPSA) is 55.3 Å². The van der Waals surface area contributed by atoms with Gasteiger partial charge in [0.25, 0.3) is 0 Å². The van der Waals surface area contributed by atoms with Gasteiger partial charge in [0.2, 0.25) is 0 Å². The Morgan fingerprint density at radius 1 is 1.14 bits per heavy atom. The summed E-state index contributed by atoms with van der Waals surface area (Å²) >= 11 is 0. The molecule has 1 saturated carbocycles. The van der Waals surface area contributed by atoms with E-state index in [1.807, 2.05) is 0 Å². The van der Waals surface area contributed by atoms with Crippen LogP contribution in [0.5, 0.6) is 0 Å². The highest BCUT2D eigenvalue weighted by Gasteiger charge is 2.34. The predicted octanol–water partition coefficient (Wildman–Crippen LogP) is 3.61. The summed E-state index contributed by atoms with van der Waals surface area (Å²) < 4.78 is 5.52. The van der Waals surface area contributed by atoms with Gasteiger partial charge in [-0.3, -0.25) is 9.69 Å². The Morgan fingerprint density at radius 2 is 1.93 bits per heavy atom. The summed E-state index contributed by atoms with van der Waals surface area (Å²) in [5, 5.41) is 0. The molecule has 0 unspecified atom stereocenters. The number of hydrogen-bond acceptors (Lipinski definition) is 5. The number of nitrogens with zero attached hydrogens (tertiary/aromatic N) is 3. The van der Waals surface area contributed by atoms with Crippen molar-refractivity contribution in [3.63, 3.8) is 0 Å². The van der Waals surface area contributed by atoms with Crippen LogP contribution in [0.2, 0.25) is 0 Å². The Bertz CT molecular complexity index is 804. The van der Waals surface area contributed by atoms with Gasteiger partial charge in [0.15, 0.2) is 0 Å². The van der Waals surface area contributed by atoms with Crippen molar-refractivity contribution in [1.82, 2.24) is 14.9 Å². The van der Waals surface area contributed by atoms with E-state index in [0.29, 0.717) is 5.78 Å². The summed E-state index contributed by atoms with van der Waals surface area (Å²) in [7, 11) is 0. The minimum absolute atomic E-state index is 0.191. The average molecular weight is 396 g/mol. The fraction of sp³-hybridized carbons (Fsp3) is 0.708. The van der Waals surface area contributed by atoms with Crippen LogP contribution in [0.4, 0.5) is 0 Å². The lowest BCUT2D eigenvalue weighted by atomic mass is 9.79. The van der Waals surface area contributed by atoms with Crippen LogP contribution in [-0.2, 0) is 22.4 Å². The highest BCUT2D eigenvalue weighted by Crippen LogP contribution is 2.45. The summed E-state index contributed by atoms with van der Waals surface area (Å²) in [6.07, 6.45) is 12.0. The Labute approximate surface area is 173 Å². The molecule has 5 nitrogen and oxygen atoms in total. The van der Waals surface area contributed by atoms with Gasteiger partial charge in [-0.1, -0.05) is 5.57 Å². The molecular formula is C24H33N3O2. The molecular weight excluding hydrogens is 362 g/mol. The number of fused-ring (bicyclic) bond motifs is 2. The van der Waals surface area contributed by atoms with Crippen molar-refractivity contribution in [3.05, 3.63) is 28.9 Å². The number of rotatable bonds is 4. The fourth-order valence-electron chi connectivity index (χ4n) is 6.05. The first-order valence-electron chi connectivity index (χ1n) is 11.5. The van der Waals surface area contributed by atoms with E-state index in [-0.39, 0.29) is 5.92 Å². The largest absolute Gasteiger partial charge is 0.379 e. The van der Waals surface area contributed by atoms with E-state index in [1.165, 1.54) is 53.8 Å². The Hall–Kier alpha value is -1.59. The van der Waals surface area contributed by atoms with Gasteiger partial charge in [0.05, 0.1) is 24.6 Å². The number of Topliss-reactive ketones (excluding diaryl/α,β-unsaturated/α-hetero) is 1. The normalized spacial score (nSPS) is 30.2. The summed E-state index contributed by atoms with van der Waals surface area (Å²) in [6, 6.07) is 0.746. The van der Waals surface area contributed by atoms with Crippen molar-refractivity contribution >= 4 is 11.4 Å². The lowest BCUT2D eigenvalue weighted by molar-refractivity contribution is -0.120. The smallest absolute Gasteiger partial charge is 0.133 e. The minimum atomic E-state index is 0.191. The molecule has 3 aliphatic carbocycles. The van der Waals surface area contributed by atoms with Gasteiger partial charge >= 0.3 is 0 Å². The molecule has 0 amide bonds. The molecule has 1 aromatic heterocycles. The number of ether oxygens (including phenoxy) is 1. The zero-order valence-corrected chi connectivity index (χ0v) is 17.7. The van der Waals surface area contributed by atoms with E-state index in [9.17, 15) is 4.79 Å². The van der Waals surface area contributed by atoms with Gasteiger partial charge in [-0.2, -0.15) is 0 Å². The van der Waals surface area contributed by atoms with E-state index in [0.717, 1.165) is 70.4 Å². The van der Waals surface area contributed by atoms with Crippen molar-refractivity contribution in [2.24, 2.45) is 11.8 Å². The maximum atomic E-state index is 12.0. The standard InChI is InChI=1S/C24H33N3O2/c1-16(28)18-4-5-19-14-23-24(21(19)13-18)22(25-15-26-23)12-17-2-6-20(7-3-17)27-8-10-29-11-9-27/h15,17-18,20H,2-14H2,1H3/t17?,18-,20?/m1/s1. The lowest BCUT2D eigenvalue weighted by Gasteiger charge is -2.38. The highest BCUT2D eigenvalue weighted by atomic mass is 16.5. The number of aromatic nitrogens is 2. The van der Waals surface area contributed by atoms with Crippen LogP contribution in [-0.4, -0.2) is 53.0 Å². The maximum Gasteiger partial charge on any atom is 0.133 e. The average Bonchev–Trinajstić information content (AvgIpc) is 3.13. The summed E-state index contributed by atoms with van der Waals surface area (Å²) in [6.45, 7) is 5.74. The molecule has 0 radical (unpaired) electrons. The molecule has 1 aromatic rings. The van der Waals surface area contributed by atoms with Gasteiger partial charge in [0, 0.05) is 37.0 Å². The van der Waals surface area contributed by atoms with Gasteiger partial charge in [-0.15, -0.1) is 0 Å². The van der Waals surface area contributed by atoms with E-state index >= 15 is 0 Å². The third-order valence-corrected chi connectivity index (χ3v) is 7.79. The predicted molar refractivity (Wildman–Crippen MR) is 113 cm³/mol. The quantitative estimate of drug-likeness (QED) is 0.780. The number of carbonyl (C=O) groups is 1. The Kier molecular flexibility index (Phi) is 5.53. The fourth-order valence-corrected chi connectivity index (χ4v) is 6.05. The molecule has 0 aromatic carbocycles. The number of carbonyl (C=O) groups excluding carboxylic acids is 1. The third kappa shape index (κ3) is 3.91. The number of ketones is 1. The van der Waals surface area contributed by atoms with Crippen molar-refractivity contribution in [2.75, 3.05) is 26.3 Å². The van der Waals surface area contributed by atoms with Crippen LogP contribution in [0.3, 0.4) is 0 Å². The SMILES string of the molecule is CC(=O)[C@@H]1CCC2=C(C1)c1c(ncnc1CC1CCC(N3CCOCC3)CC1)C2. The van der Waals surface area contributed by atoms with Crippen LogP contribution in [0.25, 0.3) is 5.57 Å². The molecule has 2 heterocycles. The van der Waals surface area contributed by atoms with Gasteiger partial charge in [0.1, 0.15) is 12.1 Å². The Balaban J connectivity index is 1.27. The van der Waals surface area contributed by atoms with Crippen molar-refractivity contribution in [2.45, 2.75) is 70.8 Å². The van der Waals surface area contributed by atoms with Crippen molar-refractivity contribution in [1.29, 1.82) is 0 Å². The van der Waals surface area contributed by atoms with Gasteiger partial charge in [-0.05, 0) is 69.8 Å². The zero-order chi connectivity index (χ0) is 19.8. The molecule has 0 bridgehead atoms. The molecule has 0 spiro atoms. The molecule has 29 heavy (non-hydrogen) atoms. The van der Waals surface area contributed by atoms with Gasteiger partial charge in [-0.25, -0.2) is 9.97 Å². The third-order valence-electron chi connectivity index (χ3n) is 7.79. The van der Waals surface area contributed by atoms with Gasteiger partial charge < -0.3 is 4.74 Å². The molecule has 5 heteroatoms. The van der Waals surface area contributed by atoms with Crippen LogP contribution in [0.1, 0.15) is 68.8 Å². The minimum Gasteiger partial charge on any atom is -0.379 e. The van der Waals surface area contributed by atoms with Crippen LogP contribution in [0.15, 0.2) is 11.9 Å². The summed E-state index contributed by atoms with van der Waals surface area (Å²) in [5.74, 6) is 1.25. The molecule has 1 saturated heterocycles. The second-order valence-electron chi connectivity index (χ2n) is 9.48. The second-order valence-corrected chi connectivity index (χ2v) is 9.48. The monoisotopic (exact) mass is 395 g/mol. The van der Waals surface area contributed by atoms with Crippen molar-refractivity contribution < 1.29 is 9.53 Å². The lowest BCUT2D eigenvalue weighted by Crippen LogP contribution is -2.45. The zero-order valence-electron chi connectivity index (χ0n) is 17.7. The molecule has 4 aliphatic rings. The molecule has 2 fully saturated rings. The molecule has 5 rings (SSSR count). The van der Waals surface area contributed by atoms with Crippen molar-refractivity contribution in [3.8, 4) is 0 Å². The second kappa shape index (κ2) is 8.27. The first-order valence-corrected chi connectivity index (χ1v) is 11.5. The Morgan fingerprint density at radius 3 is 2.69 bits per heavy atom. The van der Waals surface area contributed by atoms with Crippen LogP contribution >= 0.6 is 0 Å². The van der Waals surface area contributed by atoms with Crippen LogP contribution < -0.4 is 0 Å². The number of hydrogen-bond donors (Lipinski definition) is 0. The van der Waals surface area contributed by atoms with E-state index < -0.39 is 0 Å². The molecule has 0 N–H and O–H groups in total. The summed E-state index contributed by atoms with van der Waals surface area (Å²) in [5.41, 5.74) is 6.73. The molecule has 1 aliphatic heterocycles. The van der Waals surface area contributed by atoms with Crippen LogP contribution in [0, 0.1) is 11.8 Å². The van der Waals surface area contributed by atoms with E-state index in [1.54, 1.807) is 13.3 Å². The van der Waals surface area contributed by atoms with E-state index in [2.05, 4.69) is 9.88 Å². The number of morpholine rings is 1. The highest BCUT2D eigenvalue weighted by molar-refractivity contribution is 5.85. The maximum absolute atomic E-state index is 12.0.